The first-order chi connectivity index (χ1) is 11.1. The summed E-state index contributed by atoms with van der Waals surface area (Å²) >= 11 is 0. The first-order valence-electron chi connectivity index (χ1n) is 8.62. The van der Waals surface area contributed by atoms with Crippen LogP contribution in [0.4, 0.5) is 0 Å². The van der Waals surface area contributed by atoms with Crippen LogP contribution in [0.5, 0.6) is 0 Å². The van der Waals surface area contributed by atoms with Crippen LogP contribution < -0.4 is 0 Å². The molecular weight excluding hydrogens is 344 g/mol. The molecule has 7 nitrogen and oxygen atoms in total. The van der Waals surface area contributed by atoms with Crippen LogP contribution in [0.2, 0.25) is 18.1 Å². The van der Waals surface area contributed by atoms with Gasteiger partial charge in [-0.25, -0.2) is 0 Å². The molecule has 0 unspecified atom stereocenters. The van der Waals surface area contributed by atoms with Crippen molar-refractivity contribution in [1.29, 1.82) is 0 Å². The maximum Gasteiger partial charge on any atom is 0.313 e. The van der Waals surface area contributed by atoms with Crippen molar-refractivity contribution in [3.8, 4) is 0 Å². The van der Waals surface area contributed by atoms with E-state index in [-0.39, 0.29) is 11.6 Å². The number of carbonyl (C=O) groups excluding carboxylic acids is 1. The molecule has 1 rings (SSSR count). The van der Waals surface area contributed by atoms with Crippen molar-refractivity contribution in [3.05, 3.63) is 0 Å². The molecule has 0 saturated carbocycles. The van der Waals surface area contributed by atoms with Gasteiger partial charge in [0, 0.05) is 0 Å². The highest BCUT2D eigenvalue weighted by atomic mass is 28.4. The molecule has 0 amide bonds. The minimum atomic E-state index is -2.08. The van der Waals surface area contributed by atoms with Crippen LogP contribution in [0, 0.1) is 5.41 Å². The molecule has 1 saturated heterocycles. The predicted octanol–water partition coefficient (Wildman–Crippen LogP) is 1.41. The Labute approximate surface area is 151 Å². The highest BCUT2D eigenvalue weighted by Crippen LogP contribution is 2.37. The van der Waals surface area contributed by atoms with E-state index in [0.29, 0.717) is 0 Å². The molecule has 1 aliphatic rings. The fourth-order valence-electron chi connectivity index (χ4n) is 1.94. The van der Waals surface area contributed by atoms with Gasteiger partial charge in [-0.2, -0.15) is 0 Å². The van der Waals surface area contributed by atoms with E-state index in [2.05, 4.69) is 33.9 Å². The normalized spacial score (nSPS) is 31.7. The third kappa shape index (κ3) is 5.48. The number of hydrogen-bond donors (Lipinski definition) is 3. The van der Waals surface area contributed by atoms with Crippen LogP contribution in [0.1, 0.15) is 41.5 Å². The third-order valence-corrected chi connectivity index (χ3v) is 9.42. The molecule has 0 spiro atoms. The summed E-state index contributed by atoms with van der Waals surface area (Å²) in [5, 5.41) is 30.3. The van der Waals surface area contributed by atoms with Gasteiger partial charge in [-0.3, -0.25) is 4.79 Å². The van der Waals surface area contributed by atoms with E-state index in [4.69, 9.17) is 13.9 Å². The Balaban J connectivity index is 2.82. The Bertz CT molecular complexity index is 467. The van der Waals surface area contributed by atoms with E-state index in [9.17, 15) is 20.1 Å². The summed E-state index contributed by atoms with van der Waals surface area (Å²) in [6.07, 6.45) is -6.59. The maximum atomic E-state index is 12.0. The van der Waals surface area contributed by atoms with Gasteiger partial charge in [0.15, 0.2) is 8.32 Å². The number of ether oxygens (including phenoxy) is 2. The van der Waals surface area contributed by atoms with Crippen molar-refractivity contribution in [2.75, 3.05) is 6.61 Å². The second kappa shape index (κ2) is 7.62. The highest BCUT2D eigenvalue weighted by molar-refractivity contribution is 6.74. The molecule has 8 heteroatoms. The molecule has 1 fully saturated rings. The number of carbonyl (C=O) groups is 1. The molecule has 0 aliphatic carbocycles. The van der Waals surface area contributed by atoms with Gasteiger partial charge in [-0.05, 0) is 38.9 Å². The second-order valence-electron chi connectivity index (χ2n) is 9.24. The maximum absolute atomic E-state index is 12.0. The van der Waals surface area contributed by atoms with Gasteiger partial charge in [0.05, 0.1) is 12.0 Å². The van der Waals surface area contributed by atoms with Crippen LogP contribution in [0.15, 0.2) is 0 Å². The zero-order valence-electron chi connectivity index (χ0n) is 16.6. The Kier molecular flexibility index (Phi) is 6.86. The van der Waals surface area contributed by atoms with Crippen molar-refractivity contribution in [2.45, 2.75) is 90.4 Å². The molecule has 148 valence electrons. The number of aliphatic hydroxyl groups excluding tert-OH is 3. The fraction of sp³-hybridized carbons (Fsp3) is 0.941. The smallest absolute Gasteiger partial charge is 0.313 e. The molecule has 25 heavy (non-hydrogen) atoms. The van der Waals surface area contributed by atoms with Gasteiger partial charge in [-0.1, -0.05) is 20.8 Å². The number of aliphatic hydroxyl groups is 3. The van der Waals surface area contributed by atoms with Crippen molar-refractivity contribution >= 4 is 14.3 Å². The van der Waals surface area contributed by atoms with Gasteiger partial charge in [0.25, 0.3) is 0 Å². The molecule has 1 aliphatic heterocycles. The minimum Gasteiger partial charge on any atom is -0.432 e. The molecular formula is C17H34O7Si. The monoisotopic (exact) mass is 378 g/mol. The number of rotatable bonds is 4. The molecule has 5 atom stereocenters. The van der Waals surface area contributed by atoms with Crippen LogP contribution >= 0.6 is 0 Å². The summed E-state index contributed by atoms with van der Waals surface area (Å²) in [5.74, 6) is -0.566. The van der Waals surface area contributed by atoms with E-state index < -0.39 is 50.4 Å². The minimum absolute atomic E-state index is 0.0249. The Hall–Kier alpha value is -0.513. The van der Waals surface area contributed by atoms with E-state index >= 15 is 0 Å². The van der Waals surface area contributed by atoms with E-state index in [1.807, 2.05) is 0 Å². The summed E-state index contributed by atoms with van der Waals surface area (Å²) in [7, 11) is -2.08. The molecule has 1 heterocycles. The third-order valence-electron chi connectivity index (χ3n) is 4.92. The van der Waals surface area contributed by atoms with Crippen LogP contribution in [-0.2, 0) is 18.7 Å². The molecule has 0 radical (unpaired) electrons. The van der Waals surface area contributed by atoms with E-state index in [1.54, 1.807) is 20.8 Å². The average Bonchev–Trinajstić information content (AvgIpc) is 2.44. The van der Waals surface area contributed by atoms with Gasteiger partial charge in [0.2, 0.25) is 6.29 Å². The van der Waals surface area contributed by atoms with Crippen molar-refractivity contribution in [1.82, 2.24) is 0 Å². The SMILES string of the molecule is CC(C)(C)C(=O)O[C@H]1O[C@H](CO[Si](C)(C)C(C)(C)C)[C@H](O)[C@@H](O)[C@H]1O. The summed E-state index contributed by atoms with van der Waals surface area (Å²) in [6, 6.07) is 0. The molecule has 3 N–H and O–H groups in total. The largest absolute Gasteiger partial charge is 0.432 e. The molecule has 0 aromatic rings. The van der Waals surface area contributed by atoms with E-state index in [0.717, 1.165) is 0 Å². The number of esters is 1. The standard InChI is InChI=1S/C17H34O7Si/c1-16(2,3)15(21)24-14-13(20)12(19)11(18)10(23-14)9-22-25(7,8)17(4,5)6/h10-14,18-20H,9H2,1-8H3/t10-,11+,12-,13-,14-/m1/s1. The molecule has 0 aromatic carbocycles. The lowest BCUT2D eigenvalue weighted by Gasteiger charge is -2.42. The van der Waals surface area contributed by atoms with Gasteiger partial charge in [-0.15, -0.1) is 0 Å². The van der Waals surface area contributed by atoms with Gasteiger partial charge >= 0.3 is 5.97 Å². The Morgan fingerprint density at radius 2 is 1.52 bits per heavy atom. The second-order valence-corrected chi connectivity index (χ2v) is 14.1. The average molecular weight is 379 g/mol. The van der Waals surface area contributed by atoms with Crippen molar-refractivity contribution in [3.63, 3.8) is 0 Å². The lowest BCUT2D eigenvalue weighted by Crippen LogP contribution is -2.60. The van der Waals surface area contributed by atoms with Crippen LogP contribution in [0.25, 0.3) is 0 Å². The zero-order valence-corrected chi connectivity index (χ0v) is 17.6. The summed E-state index contributed by atoms with van der Waals surface area (Å²) in [6.45, 7) is 15.5. The van der Waals surface area contributed by atoms with Crippen LogP contribution in [0.3, 0.4) is 0 Å². The van der Waals surface area contributed by atoms with Crippen molar-refractivity contribution < 1.29 is 34.0 Å². The molecule has 0 bridgehead atoms. The lowest BCUT2D eigenvalue weighted by atomic mass is 9.96. The zero-order chi connectivity index (χ0) is 19.8. The summed E-state index contributed by atoms with van der Waals surface area (Å²) < 4.78 is 16.8. The Morgan fingerprint density at radius 1 is 1.00 bits per heavy atom. The van der Waals surface area contributed by atoms with Crippen LogP contribution in [-0.4, -0.2) is 66.9 Å². The van der Waals surface area contributed by atoms with Gasteiger partial charge < -0.3 is 29.2 Å². The van der Waals surface area contributed by atoms with Gasteiger partial charge in [0.1, 0.15) is 24.4 Å². The fourth-order valence-corrected chi connectivity index (χ4v) is 2.95. The van der Waals surface area contributed by atoms with E-state index in [1.165, 1.54) is 0 Å². The summed E-state index contributed by atoms with van der Waals surface area (Å²) in [5.41, 5.74) is -0.781. The van der Waals surface area contributed by atoms with Crippen molar-refractivity contribution in [2.24, 2.45) is 5.41 Å². The predicted molar refractivity (Wildman–Crippen MR) is 95.4 cm³/mol. The number of hydrogen-bond acceptors (Lipinski definition) is 7. The topological polar surface area (TPSA) is 105 Å². The highest BCUT2D eigenvalue weighted by Gasteiger charge is 2.47. The quantitative estimate of drug-likeness (QED) is 0.502. The Morgan fingerprint density at radius 3 is 1.96 bits per heavy atom. The summed E-state index contributed by atoms with van der Waals surface area (Å²) in [4.78, 5) is 12.0. The lowest BCUT2D eigenvalue weighted by molar-refractivity contribution is -0.294. The molecule has 0 aromatic heterocycles. The first kappa shape index (κ1) is 22.5. The first-order valence-corrected chi connectivity index (χ1v) is 11.5.